The van der Waals surface area contributed by atoms with Crippen LogP contribution in [0.25, 0.3) is 12.2 Å². The van der Waals surface area contributed by atoms with Gasteiger partial charge >= 0.3 is 0 Å². The molecule has 0 saturated carbocycles. The first-order valence-electron chi connectivity index (χ1n) is 4.07. The van der Waals surface area contributed by atoms with Crippen LogP contribution in [-0.4, -0.2) is 9.36 Å². The summed E-state index contributed by atoms with van der Waals surface area (Å²) < 4.78 is 4.51. The summed E-state index contributed by atoms with van der Waals surface area (Å²) in [6, 6.07) is 9.99. The topological polar surface area (TPSA) is 25.8 Å². The van der Waals surface area contributed by atoms with Gasteiger partial charge in [0.1, 0.15) is 0 Å². The first-order valence-corrected chi connectivity index (χ1v) is 5.22. The van der Waals surface area contributed by atoms with Crippen LogP contribution in [0.5, 0.6) is 0 Å². The van der Waals surface area contributed by atoms with Crippen molar-refractivity contribution in [2.45, 2.75) is 0 Å². The lowest BCUT2D eigenvalue weighted by Crippen LogP contribution is -1.73. The molecule has 0 unspecified atom stereocenters. The Morgan fingerprint density at radius 2 is 1.93 bits per heavy atom. The highest BCUT2D eigenvalue weighted by Gasteiger charge is 1.95. The molecule has 0 aliphatic rings. The minimum absolute atomic E-state index is 0.470. The van der Waals surface area contributed by atoms with Gasteiger partial charge in [0, 0.05) is 0 Å². The molecule has 1 heterocycles. The summed E-state index contributed by atoms with van der Waals surface area (Å²) in [7, 11) is 0. The zero-order valence-corrected chi connectivity index (χ0v) is 8.79. The Balaban J connectivity index is 2.15. The van der Waals surface area contributed by atoms with Gasteiger partial charge in [0.05, 0.1) is 0 Å². The number of hydrogen-bond acceptors (Lipinski definition) is 3. The van der Waals surface area contributed by atoms with Crippen molar-refractivity contribution >= 4 is 35.3 Å². The van der Waals surface area contributed by atoms with E-state index in [1.807, 2.05) is 42.5 Å². The van der Waals surface area contributed by atoms with Gasteiger partial charge in [0.15, 0.2) is 5.82 Å². The van der Waals surface area contributed by atoms with Crippen LogP contribution in [0.4, 0.5) is 0 Å². The molecule has 2 rings (SSSR count). The van der Waals surface area contributed by atoms with Crippen LogP contribution in [0.1, 0.15) is 11.4 Å². The number of hydrogen-bond donors (Lipinski definition) is 0. The van der Waals surface area contributed by atoms with Crippen LogP contribution < -0.4 is 0 Å². The van der Waals surface area contributed by atoms with Gasteiger partial charge < -0.3 is 0 Å². The summed E-state index contributed by atoms with van der Waals surface area (Å²) in [5.41, 5.74) is 1.12. The number of benzene rings is 1. The second-order valence-electron chi connectivity index (χ2n) is 2.65. The van der Waals surface area contributed by atoms with Gasteiger partial charge in [-0.3, -0.25) is 0 Å². The number of nitrogens with zero attached hydrogens (tertiary/aromatic N) is 2. The summed E-state index contributed by atoms with van der Waals surface area (Å²) in [6.45, 7) is 0. The smallest absolute Gasteiger partial charge is 0.203 e. The second kappa shape index (κ2) is 4.35. The summed E-state index contributed by atoms with van der Waals surface area (Å²) >= 11 is 6.85. The fourth-order valence-corrected chi connectivity index (χ4v) is 1.61. The highest BCUT2D eigenvalue weighted by atomic mass is 35.5. The standard InChI is InChI=1S/C10H7ClN2S/c11-10-12-9(13-14-10)7-6-8-4-2-1-3-5-8/h1-7H/b7-6+. The quantitative estimate of drug-likeness (QED) is 0.779. The van der Waals surface area contributed by atoms with Crippen LogP contribution in [0.2, 0.25) is 4.47 Å². The molecule has 0 N–H and O–H groups in total. The minimum Gasteiger partial charge on any atom is -0.204 e. The molecule has 0 radical (unpaired) electrons. The lowest BCUT2D eigenvalue weighted by atomic mass is 10.2. The third kappa shape index (κ3) is 2.40. The Bertz CT molecular complexity index is 436. The van der Waals surface area contributed by atoms with Crippen molar-refractivity contribution in [2.75, 3.05) is 0 Å². The van der Waals surface area contributed by atoms with Crippen molar-refractivity contribution < 1.29 is 0 Å². The Hall–Kier alpha value is -1.19. The van der Waals surface area contributed by atoms with E-state index in [1.54, 1.807) is 0 Å². The van der Waals surface area contributed by atoms with E-state index in [0.29, 0.717) is 10.3 Å². The van der Waals surface area contributed by atoms with Crippen molar-refractivity contribution in [3.63, 3.8) is 0 Å². The predicted molar refractivity (Wildman–Crippen MR) is 60.3 cm³/mol. The van der Waals surface area contributed by atoms with Gasteiger partial charge in [-0.05, 0) is 34.8 Å². The molecule has 14 heavy (non-hydrogen) atoms. The summed E-state index contributed by atoms with van der Waals surface area (Å²) in [4.78, 5) is 4.01. The van der Waals surface area contributed by atoms with E-state index in [1.165, 1.54) is 11.5 Å². The Morgan fingerprint density at radius 1 is 1.14 bits per heavy atom. The molecule has 0 fully saturated rings. The van der Waals surface area contributed by atoms with Crippen LogP contribution in [0, 0.1) is 0 Å². The molecule has 0 aliphatic carbocycles. The SMILES string of the molecule is Clc1nc(/C=C/c2ccccc2)ns1. The molecule has 2 aromatic rings. The minimum atomic E-state index is 0.470. The molecule has 0 saturated heterocycles. The third-order valence-electron chi connectivity index (χ3n) is 1.64. The van der Waals surface area contributed by atoms with Crippen molar-refractivity contribution in [1.29, 1.82) is 0 Å². The average molecular weight is 223 g/mol. The van der Waals surface area contributed by atoms with E-state index < -0.39 is 0 Å². The molecule has 0 atom stereocenters. The molecule has 4 heteroatoms. The van der Waals surface area contributed by atoms with Crippen molar-refractivity contribution in [2.24, 2.45) is 0 Å². The fourth-order valence-electron chi connectivity index (χ4n) is 1.02. The number of rotatable bonds is 2. The van der Waals surface area contributed by atoms with Gasteiger partial charge in [0.25, 0.3) is 0 Å². The first-order chi connectivity index (χ1) is 6.84. The lowest BCUT2D eigenvalue weighted by Gasteiger charge is -1.88. The maximum atomic E-state index is 5.65. The molecule has 0 aliphatic heterocycles. The molecular weight excluding hydrogens is 216 g/mol. The van der Waals surface area contributed by atoms with Crippen LogP contribution >= 0.6 is 23.1 Å². The van der Waals surface area contributed by atoms with E-state index in [2.05, 4.69) is 9.36 Å². The van der Waals surface area contributed by atoms with E-state index in [4.69, 9.17) is 11.6 Å². The zero-order valence-electron chi connectivity index (χ0n) is 7.22. The molecule has 0 bridgehead atoms. The normalized spacial score (nSPS) is 10.9. The largest absolute Gasteiger partial charge is 0.204 e. The van der Waals surface area contributed by atoms with E-state index in [-0.39, 0.29) is 0 Å². The van der Waals surface area contributed by atoms with Gasteiger partial charge in [-0.1, -0.05) is 36.4 Å². The van der Waals surface area contributed by atoms with Gasteiger partial charge in [-0.15, -0.1) is 0 Å². The highest BCUT2D eigenvalue weighted by molar-refractivity contribution is 7.10. The fraction of sp³-hybridized carbons (Fsp3) is 0. The van der Waals surface area contributed by atoms with E-state index in [9.17, 15) is 0 Å². The summed E-state index contributed by atoms with van der Waals surface area (Å²) in [6.07, 6.45) is 3.80. The van der Waals surface area contributed by atoms with Crippen molar-refractivity contribution in [1.82, 2.24) is 9.36 Å². The maximum absolute atomic E-state index is 5.65. The molecule has 1 aromatic carbocycles. The highest BCUT2D eigenvalue weighted by Crippen LogP contribution is 2.12. The molecule has 2 nitrogen and oxygen atoms in total. The van der Waals surface area contributed by atoms with Gasteiger partial charge in [0.2, 0.25) is 4.47 Å². The first kappa shape index (κ1) is 9.37. The average Bonchev–Trinajstić information content (AvgIpc) is 2.63. The van der Waals surface area contributed by atoms with Crippen LogP contribution in [-0.2, 0) is 0 Å². The zero-order chi connectivity index (χ0) is 9.80. The lowest BCUT2D eigenvalue weighted by molar-refractivity contribution is 1.29. The van der Waals surface area contributed by atoms with Crippen molar-refractivity contribution in [3.8, 4) is 0 Å². The summed E-state index contributed by atoms with van der Waals surface area (Å²) in [5, 5.41) is 0. The van der Waals surface area contributed by atoms with Crippen LogP contribution in [0.15, 0.2) is 30.3 Å². The van der Waals surface area contributed by atoms with Gasteiger partial charge in [-0.25, -0.2) is 4.98 Å². The second-order valence-corrected chi connectivity index (χ2v) is 3.98. The monoisotopic (exact) mass is 222 g/mol. The molecular formula is C10H7ClN2S. The van der Waals surface area contributed by atoms with Crippen LogP contribution in [0.3, 0.4) is 0 Å². The number of halogens is 1. The van der Waals surface area contributed by atoms with E-state index >= 15 is 0 Å². The molecule has 0 amide bonds. The predicted octanol–water partition coefficient (Wildman–Crippen LogP) is 3.36. The molecule has 1 aromatic heterocycles. The van der Waals surface area contributed by atoms with Gasteiger partial charge in [-0.2, -0.15) is 4.37 Å². The Labute approximate surface area is 91.1 Å². The Morgan fingerprint density at radius 3 is 2.57 bits per heavy atom. The molecule has 0 spiro atoms. The Kier molecular flexibility index (Phi) is 2.91. The third-order valence-corrected chi connectivity index (χ3v) is 2.45. The molecule has 70 valence electrons. The maximum Gasteiger partial charge on any atom is 0.203 e. The van der Waals surface area contributed by atoms with Crippen molar-refractivity contribution in [3.05, 3.63) is 46.2 Å². The van der Waals surface area contributed by atoms with E-state index in [0.717, 1.165) is 5.56 Å². The summed E-state index contributed by atoms with van der Waals surface area (Å²) in [5.74, 6) is 0.656. The number of aromatic nitrogens is 2.